The molecule has 4 nitrogen and oxygen atoms in total. The first kappa shape index (κ1) is 28.7. The quantitative estimate of drug-likeness (QED) is 0.209. The standard InChI is InChI=1S/C27H36Cl3NO3S/c1-3-31(4-2)12-13-34-27(33)26-11-9-21(35-26)6-5-7-22-23(25(32)17-24(22)30)10-8-18-14-19(28)16-20(29)15-18/h9,11,14-16,22-25,32H,3-8,10,12-13,17H2,1-2H3/t22-,23?,24?,25-/m1/s1. The zero-order chi connectivity index (χ0) is 25.4. The van der Waals surface area contributed by atoms with Gasteiger partial charge in [-0.3, -0.25) is 0 Å². The molecule has 194 valence electrons. The van der Waals surface area contributed by atoms with Crippen molar-refractivity contribution >= 4 is 52.1 Å². The Labute approximate surface area is 228 Å². The van der Waals surface area contributed by atoms with Gasteiger partial charge in [-0.15, -0.1) is 22.9 Å². The van der Waals surface area contributed by atoms with Crippen LogP contribution in [0.1, 0.15) is 59.6 Å². The van der Waals surface area contributed by atoms with Crippen LogP contribution in [0, 0.1) is 11.8 Å². The highest BCUT2D eigenvalue weighted by Gasteiger charge is 2.40. The van der Waals surface area contributed by atoms with E-state index in [0.29, 0.717) is 28.0 Å². The van der Waals surface area contributed by atoms with Gasteiger partial charge in [0.25, 0.3) is 0 Å². The number of ether oxygens (including phenoxy) is 1. The predicted molar refractivity (Wildman–Crippen MR) is 147 cm³/mol. The minimum absolute atomic E-state index is 0.0161. The number of rotatable bonds is 13. The summed E-state index contributed by atoms with van der Waals surface area (Å²) in [6.07, 6.45) is 4.74. The van der Waals surface area contributed by atoms with Crippen LogP contribution in [0.4, 0.5) is 0 Å². The number of hydrogen-bond donors (Lipinski definition) is 1. The lowest BCUT2D eigenvalue weighted by molar-refractivity contribution is 0.0472. The average molecular weight is 561 g/mol. The number of alkyl halides is 1. The monoisotopic (exact) mass is 559 g/mol. The van der Waals surface area contributed by atoms with Crippen molar-refractivity contribution in [1.82, 2.24) is 4.90 Å². The molecule has 0 amide bonds. The number of nitrogens with zero attached hydrogens (tertiary/aromatic N) is 1. The van der Waals surface area contributed by atoms with E-state index < -0.39 is 0 Å². The lowest BCUT2D eigenvalue weighted by Gasteiger charge is -2.23. The number of esters is 1. The minimum atomic E-state index is -0.378. The molecule has 1 aliphatic carbocycles. The van der Waals surface area contributed by atoms with Gasteiger partial charge in [0.2, 0.25) is 0 Å². The fraction of sp³-hybridized carbons (Fsp3) is 0.593. The van der Waals surface area contributed by atoms with Crippen molar-refractivity contribution < 1.29 is 14.6 Å². The number of benzene rings is 1. The molecule has 0 saturated heterocycles. The zero-order valence-electron chi connectivity index (χ0n) is 20.5. The number of hydrogen-bond acceptors (Lipinski definition) is 5. The lowest BCUT2D eigenvalue weighted by Crippen LogP contribution is -2.27. The molecule has 2 aromatic rings. The number of aliphatic hydroxyl groups is 1. The summed E-state index contributed by atoms with van der Waals surface area (Å²) in [6, 6.07) is 9.49. The van der Waals surface area contributed by atoms with Gasteiger partial charge >= 0.3 is 5.97 Å². The molecule has 0 aliphatic heterocycles. The smallest absolute Gasteiger partial charge is 0.348 e. The number of carbonyl (C=O) groups is 1. The first-order valence-electron chi connectivity index (χ1n) is 12.6. The Bertz CT molecular complexity index is 929. The maximum Gasteiger partial charge on any atom is 0.348 e. The summed E-state index contributed by atoms with van der Waals surface area (Å²) in [4.78, 5) is 16.4. The van der Waals surface area contributed by atoms with Crippen molar-refractivity contribution in [3.05, 3.63) is 55.7 Å². The maximum atomic E-state index is 12.4. The van der Waals surface area contributed by atoms with Crippen LogP contribution in [0.5, 0.6) is 0 Å². The van der Waals surface area contributed by atoms with Gasteiger partial charge in [0, 0.05) is 26.8 Å². The van der Waals surface area contributed by atoms with E-state index in [2.05, 4.69) is 18.7 Å². The van der Waals surface area contributed by atoms with Gasteiger partial charge in [-0.2, -0.15) is 0 Å². The molecule has 8 heteroatoms. The topological polar surface area (TPSA) is 49.8 Å². The van der Waals surface area contributed by atoms with E-state index in [1.54, 1.807) is 6.07 Å². The molecule has 1 aliphatic rings. The van der Waals surface area contributed by atoms with E-state index in [0.717, 1.165) is 57.3 Å². The van der Waals surface area contributed by atoms with Crippen molar-refractivity contribution in [1.29, 1.82) is 0 Å². The Balaban J connectivity index is 1.46. The SMILES string of the molecule is CCN(CC)CCOC(=O)c1ccc(CCC[C@H]2C(Cl)C[C@@H](O)C2CCc2cc(Cl)cc(Cl)c2)s1. The third-order valence-corrected chi connectivity index (χ3v) is 9.09. The highest BCUT2D eigenvalue weighted by Crippen LogP contribution is 2.42. The summed E-state index contributed by atoms with van der Waals surface area (Å²) in [6.45, 7) is 7.29. The Morgan fingerprint density at radius 1 is 1.09 bits per heavy atom. The van der Waals surface area contributed by atoms with Crippen LogP contribution >= 0.6 is 46.1 Å². The van der Waals surface area contributed by atoms with Gasteiger partial charge < -0.3 is 14.7 Å². The van der Waals surface area contributed by atoms with Gasteiger partial charge in [-0.1, -0.05) is 37.0 Å². The van der Waals surface area contributed by atoms with Gasteiger partial charge in [-0.25, -0.2) is 4.79 Å². The Morgan fingerprint density at radius 2 is 1.80 bits per heavy atom. The molecule has 4 atom stereocenters. The van der Waals surface area contributed by atoms with Crippen molar-refractivity contribution in [3.8, 4) is 0 Å². The Morgan fingerprint density at radius 3 is 2.49 bits per heavy atom. The van der Waals surface area contributed by atoms with Crippen molar-refractivity contribution in [2.45, 2.75) is 63.9 Å². The number of aliphatic hydroxyl groups excluding tert-OH is 1. The summed E-state index contributed by atoms with van der Waals surface area (Å²) < 4.78 is 5.45. The fourth-order valence-corrected chi connectivity index (χ4v) is 7.05. The van der Waals surface area contributed by atoms with E-state index in [1.807, 2.05) is 24.3 Å². The number of aryl methyl sites for hydroxylation is 2. The number of likely N-dealkylation sites (N-methyl/N-ethyl adjacent to an activating group) is 1. The van der Waals surface area contributed by atoms with Gasteiger partial charge in [-0.05, 0) is 99.3 Å². The molecule has 1 aromatic heterocycles. The molecule has 1 fully saturated rings. The molecule has 1 aromatic carbocycles. The zero-order valence-corrected chi connectivity index (χ0v) is 23.6. The van der Waals surface area contributed by atoms with Crippen LogP contribution in [0.25, 0.3) is 0 Å². The lowest BCUT2D eigenvalue weighted by atomic mass is 9.85. The summed E-state index contributed by atoms with van der Waals surface area (Å²) in [5, 5.41) is 11.9. The van der Waals surface area contributed by atoms with Crippen LogP contribution in [0.2, 0.25) is 10.0 Å². The summed E-state index contributed by atoms with van der Waals surface area (Å²) in [5.41, 5.74) is 1.08. The van der Waals surface area contributed by atoms with Crippen LogP contribution < -0.4 is 0 Å². The molecular weight excluding hydrogens is 525 g/mol. The fourth-order valence-electron chi connectivity index (χ4n) is 5.04. The summed E-state index contributed by atoms with van der Waals surface area (Å²) >= 11 is 20.4. The molecule has 1 saturated carbocycles. The molecule has 2 unspecified atom stereocenters. The normalized spacial score (nSPS) is 22.1. The van der Waals surface area contributed by atoms with E-state index >= 15 is 0 Å². The molecule has 0 spiro atoms. The van der Waals surface area contributed by atoms with Crippen molar-refractivity contribution in [2.75, 3.05) is 26.2 Å². The Hall–Kier alpha value is -0.820. The van der Waals surface area contributed by atoms with E-state index in [9.17, 15) is 9.90 Å². The highest BCUT2D eigenvalue weighted by molar-refractivity contribution is 7.13. The molecule has 1 heterocycles. The van der Waals surface area contributed by atoms with Gasteiger partial charge in [0.1, 0.15) is 11.5 Å². The second-order valence-electron chi connectivity index (χ2n) is 9.28. The molecule has 0 radical (unpaired) electrons. The third-order valence-electron chi connectivity index (χ3n) is 7.02. The van der Waals surface area contributed by atoms with E-state index in [4.69, 9.17) is 39.5 Å². The van der Waals surface area contributed by atoms with Crippen molar-refractivity contribution in [2.24, 2.45) is 11.8 Å². The second kappa shape index (κ2) is 14.2. The first-order valence-corrected chi connectivity index (χ1v) is 14.6. The van der Waals surface area contributed by atoms with Crippen LogP contribution in [-0.4, -0.2) is 53.7 Å². The second-order valence-corrected chi connectivity index (χ2v) is 11.9. The van der Waals surface area contributed by atoms with Crippen LogP contribution in [0.15, 0.2) is 30.3 Å². The Kier molecular flexibility index (Phi) is 11.7. The minimum Gasteiger partial charge on any atom is -0.460 e. The van der Waals surface area contributed by atoms with E-state index in [-0.39, 0.29) is 29.3 Å². The number of carbonyl (C=O) groups excluding carboxylic acids is 1. The molecule has 3 rings (SSSR count). The van der Waals surface area contributed by atoms with E-state index in [1.165, 1.54) is 16.2 Å². The molecule has 1 N–H and O–H groups in total. The van der Waals surface area contributed by atoms with Gasteiger partial charge in [0.15, 0.2) is 0 Å². The number of halogens is 3. The van der Waals surface area contributed by atoms with Crippen molar-refractivity contribution in [3.63, 3.8) is 0 Å². The summed E-state index contributed by atoms with van der Waals surface area (Å²) in [7, 11) is 0. The maximum absolute atomic E-state index is 12.4. The first-order chi connectivity index (χ1) is 16.8. The van der Waals surface area contributed by atoms with Crippen LogP contribution in [0.3, 0.4) is 0 Å². The third kappa shape index (κ3) is 8.62. The highest BCUT2D eigenvalue weighted by atomic mass is 35.5. The molecule has 0 bridgehead atoms. The van der Waals surface area contributed by atoms with Crippen LogP contribution in [-0.2, 0) is 17.6 Å². The summed E-state index contributed by atoms with van der Waals surface area (Å²) in [5.74, 6) is 0.190. The van der Waals surface area contributed by atoms with Gasteiger partial charge in [0.05, 0.1) is 6.10 Å². The average Bonchev–Trinajstić information content (AvgIpc) is 3.39. The largest absolute Gasteiger partial charge is 0.460 e. The molecular formula is C27H36Cl3NO3S. The number of thiophene rings is 1. The molecule has 35 heavy (non-hydrogen) atoms. The predicted octanol–water partition coefficient (Wildman–Crippen LogP) is 7.11.